The average molecular weight is 242 g/mol. The van der Waals surface area contributed by atoms with Gasteiger partial charge in [0.2, 0.25) is 0 Å². The van der Waals surface area contributed by atoms with Crippen LogP contribution >= 0.6 is 11.6 Å². The van der Waals surface area contributed by atoms with Crippen molar-refractivity contribution >= 4 is 11.6 Å². The number of rotatable bonds is 5. The van der Waals surface area contributed by atoms with Crippen molar-refractivity contribution in [2.75, 3.05) is 20.0 Å². The van der Waals surface area contributed by atoms with Crippen molar-refractivity contribution in [1.82, 2.24) is 5.32 Å². The largest absolute Gasteiger partial charge is 0.496 e. The van der Waals surface area contributed by atoms with Crippen molar-refractivity contribution in [1.29, 1.82) is 0 Å². The van der Waals surface area contributed by atoms with Crippen LogP contribution in [0.1, 0.15) is 29.2 Å². The van der Waals surface area contributed by atoms with Crippen LogP contribution in [0.15, 0.2) is 12.1 Å². The van der Waals surface area contributed by atoms with E-state index in [0.717, 1.165) is 12.2 Å². The molecule has 1 atom stereocenters. The zero-order valence-corrected chi connectivity index (χ0v) is 11.2. The molecule has 0 spiro atoms. The van der Waals surface area contributed by atoms with Gasteiger partial charge < -0.3 is 10.1 Å². The van der Waals surface area contributed by atoms with Crippen molar-refractivity contribution < 1.29 is 4.74 Å². The van der Waals surface area contributed by atoms with Gasteiger partial charge >= 0.3 is 0 Å². The van der Waals surface area contributed by atoms with E-state index in [1.807, 2.05) is 7.05 Å². The van der Waals surface area contributed by atoms with Gasteiger partial charge in [-0.2, -0.15) is 0 Å². The maximum Gasteiger partial charge on any atom is 0.123 e. The summed E-state index contributed by atoms with van der Waals surface area (Å²) in [4.78, 5) is 0. The van der Waals surface area contributed by atoms with E-state index in [0.29, 0.717) is 5.88 Å². The van der Waals surface area contributed by atoms with E-state index in [2.05, 4.69) is 31.3 Å². The fourth-order valence-corrected chi connectivity index (χ4v) is 2.04. The van der Waals surface area contributed by atoms with Crippen molar-refractivity contribution in [2.24, 2.45) is 0 Å². The fourth-order valence-electron chi connectivity index (χ4n) is 1.83. The lowest BCUT2D eigenvalue weighted by Gasteiger charge is -2.20. The highest BCUT2D eigenvalue weighted by molar-refractivity contribution is 6.17. The number of ether oxygens (including phenoxy) is 1. The first-order valence-electron chi connectivity index (χ1n) is 5.52. The van der Waals surface area contributed by atoms with Gasteiger partial charge in [0.25, 0.3) is 0 Å². The lowest BCUT2D eigenvalue weighted by molar-refractivity contribution is 0.400. The molecule has 0 saturated heterocycles. The highest BCUT2D eigenvalue weighted by Crippen LogP contribution is 2.30. The van der Waals surface area contributed by atoms with Gasteiger partial charge in [-0.3, -0.25) is 0 Å². The molecule has 1 rings (SSSR count). The lowest BCUT2D eigenvalue weighted by atomic mass is 9.98. The zero-order valence-electron chi connectivity index (χ0n) is 10.4. The molecule has 1 aromatic carbocycles. The van der Waals surface area contributed by atoms with E-state index in [9.17, 15) is 0 Å². The van der Waals surface area contributed by atoms with Crippen molar-refractivity contribution in [2.45, 2.75) is 26.3 Å². The summed E-state index contributed by atoms with van der Waals surface area (Å²) in [6, 6.07) is 4.53. The Kier molecular flexibility index (Phi) is 5.10. The van der Waals surface area contributed by atoms with Gasteiger partial charge in [-0.25, -0.2) is 0 Å². The lowest BCUT2D eigenvalue weighted by Crippen LogP contribution is -2.18. The third kappa shape index (κ3) is 2.89. The zero-order chi connectivity index (χ0) is 12.1. The van der Waals surface area contributed by atoms with E-state index in [1.165, 1.54) is 16.7 Å². The minimum Gasteiger partial charge on any atom is -0.496 e. The number of hydrogen-bond donors (Lipinski definition) is 1. The highest BCUT2D eigenvalue weighted by Gasteiger charge is 2.15. The van der Waals surface area contributed by atoms with Crippen LogP contribution in [0.4, 0.5) is 0 Å². The molecule has 1 N–H and O–H groups in total. The number of aryl methyl sites for hydroxylation is 2. The average Bonchev–Trinajstić information content (AvgIpc) is 2.29. The summed E-state index contributed by atoms with van der Waals surface area (Å²) < 4.78 is 5.43. The third-order valence-electron chi connectivity index (χ3n) is 2.97. The molecule has 0 heterocycles. The maximum atomic E-state index is 5.81. The summed E-state index contributed by atoms with van der Waals surface area (Å²) in [7, 11) is 3.66. The van der Waals surface area contributed by atoms with Gasteiger partial charge in [0, 0.05) is 17.5 Å². The number of methoxy groups -OCH3 is 1. The minimum absolute atomic E-state index is 0.256. The minimum atomic E-state index is 0.256. The number of halogens is 1. The summed E-state index contributed by atoms with van der Waals surface area (Å²) in [5.74, 6) is 1.58. The predicted octanol–water partition coefficient (Wildman–Crippen LogP) is 3.20. The van der Waals surface area contributed by atoms with Crippen molar-refractivity contribution in [3.8, 4) is 5.75 Å². The highest BCUT2D eigenvalue weighted by atomic mass is 35.5. The molecular weight excluding hydrogens is 222 g/mol. The second kappa shape index (κ2) is 6.12. The van der Waals surface area contributed by atoms with Gasteiger partial charge in [-0.05, 0) is 44.5 Å². The predicted molar refractivity (Wildman–Crippen MR) is 69.6 cm³/mol. The Morgan fingerprint density at radius 1 is 1.31 bits per heavy atom. The smallest absolute Gasteiger partial charge is 0.123 e. The van der Waals surface area contributed by atoms with Crippen molar-refractivity contribution in [3.63, 3.8) is 0 Å². The summed E-state index contributed by atoms with van der Waals surface area (Å²) in [5, 5.41) is 3.28. The normalized spacial score (nSPS) is 12.6. The molecule has 0 aliphatic heterocycles. The molecule has 0 aliphatic rings. The van der Waals surface area contributed by atoms with Gasteiger partial charge in [0.1, 0.15) is 5.75 Å². The number of nitrogens with one attached hydrogen (secondary N) is 1. The van der Waals surface area contributed by atoms with E-state index >= 15 is 0 Å². The van der Waals surface area contributed by atoms with Crippen LogP contribution in [0.25, 0.3) is 0 Å². The van der Waals surface area contributed by atoms with Gasteiger partial charge in [0.15, 0.2) is 0 Å². The Bertz CT molecular complexity index is 352. The first-order valence-corrected chi connectivity index (χ1v) is 6.05. The van der Waals surface area contributed by atoms with E-state index in [-0.39, 0.29) is 6.04 Å². The Morgan fingerprint density at radius 2 is 1.94 bits per heavy atom. The molecule has 1 aromatic rings. The van der Waals surface area contributed by atoms with E-state index in [1.54, 1.807) is 7.11 Å². The Labute approximate surface area is 103 Å². The Morgan fingerprint density at radius 3 is 2.44 bits per heavy atom. The fraction of sp³-hybridized carbons (Fsp3) is 0.538. The molecule has 16 heavy (non-hydrogen) atoms. The first kappa shape index (κ1) is 13.3. The molecular formula is C13H20ClNO. The second-order valence-electron chi connectivity index (χ2n) is 4.00. The molecule has 3 heteroatoms. The van der Waals surface area contributed by atoms with Crippen LogP contribution in [0.3, 0.4) is 0 Å². The van der Waals surface area contributed by atoms with Crippen LogP contribution in [0.2, 0.25) is 0 Å². The summed E-state index contributed by atoms with van der Waals surface area (Å²) in [6.07, 6.45) is 0.900. The number of hydrogen-bond acceptors (Lipinski definition) is 2. The number of benzene rings is 1. The summed E-state index contributed by atoms with van der Waals surface area (Å²) in [6.45, 7) is 4.21. The Balaban J connectivity index is 3.13. The quantitative estimate of drug-likeness (QED) is 0.800. The van der Waals surface area contributed by atoms with Crippen LogP contribution < -0.4 is 10.1 Å². The van der Waals surface area contributed by atoms with Gasteiger partial charge in [0.05, 0.1) is 7.11 Å². The van der Waals surface area contributed by atoms with Crippen molar-refractivity contribution in [3.05, 3.63) is 28.8 Å². The Hall–Kier alpha value is -0.730. The van der Waals surface area contributed by atoms with E-state index < -0.39 is 0 Å². The molecule has 2 nitrogen and oxygen atoms in total. The summed E-state index contributed by atoms with van der Waals surface area (Å²) >= 11 is 5.81. The summed E-state index contributed by atoms with van der Waals surface area (Å²) in [5.41, 5.74) is 3.72. The molecule has 0 amide bonds. The van der Waals surface area contributed by atoms with E-state index in [4.69, 9.17) is 16.3 Å². The molecule has 0 aliphatic carbocycles. The first-order chi connectivity index (χ1) is 7.63. The standard InChI is InChI=1S/C13H20ClNO/c1-9-7-11(12(15-3)5-6-14)13(16-4)8-10(9)2/h7-8,12,15H,5-6H2,1-4H3. The molecule has 0 radical (unpaired) electrons. The molecule has 0 bridgehead atoms. The SMILES string of the molecule is CNC(CCCl)c1cc(C)c(C)cc1OC. The molecule has 90 valence electrons. The molecule has 0 aromatic heterocycles. The van der Waals surface area contributed by atoms with Crippen LogP contribution in [-0.2, 0) is 0 Å². The van der Waals surface area contributed by atoms with Gasteiger partial charge in [-0.15, -0.1) is 11.6 Å². The van der Waals surface area contributed by atoms with Crippen LogP contribution in [-0.4, -0.2) is 20.0 Å². The monoisotopic (exact) mass is 241 g/mol. The third-order valence-corrected chi connectivity index (χ3v) is 3.19. The number of alkyl halides is 1. The van der Waals surface area contributed by atoms with Crippen LogP contribution in [0.5, 0.6) is 5.75 Å². The van der Waals surface area contributed by atoms with Crippen LogP contribution in [0, 0.1) is 13.8 Å². The van der Waals surface area contributed by atoms with Gasteiger partial charge in [-0.1, -0.05) is 6.07 Å². The molecule has 0 saturated carbocycles. The molecule has 0 fully saturated rings. The molecule has 1 unspecified atom stereocenters. The maximum absolute atomic E-state index is 5.81. The second-order valence-corrected chi connectivity index (χ2v) is 4.38. The topological polar surface area (TPSA) is 21.3 Å².